The summed E-state index contributed by atoms with van der Waals surface area (Å²) in [6.45, 7) is 5.18. The van der Waals surface area contributed by atoms with E-state index in [-0.39, 0.29) is 6.03 Å². The summed E-state index contributed by atoms with van der Waals surface area (Å²) in [5.74, 6) is 1.02. The maximum absolute atomic E-state index is 11.8. The third kappa shape index (κ3) is 2.49. The second kappa shape index (κ2) is 5.66. The second-order valence-corrected chi connectivity index (χ2v) is 5.22. The molecule has 22 heavy (non-hydrogen) atoms. The summed E-state index contributed by atoms with van der Waals surface area (Å²) < 4.78 is 1.68. The number of urea groups is 1. The highest BCUT2D eigenvalue weighted by Gasteiger charge is 2.23. The number of carbonyl (C=O) groups is 1. The quantitative estimate of drug-likeness (QED) is 0.796. The van der Waals surface area contributed by atoms with Crippen LogP contribution in [0.5, 0.6) is 0 Å². The Morgan fingerprint density at radius 1 is 1.32 bits per heavy atom. The molecule has 1 aliphatic rings. The van der Waals surface area contributed by atoms with Crippen LogP contribution in [0, 0.1) is 0 Å². The van der Waals surface area contributed by atoms with Gasteiger partial charge in [0.05, 0.1) is 11.6 Å². The van der Waals surface area contributed by atoms with Crippen LogP contribution in [0.2, 0.25) is 0 Å². The molecule has 0 atom stereocenters. The first-order chi connectivity index (χ1) is 10.6. The van der Waals surface area contributed by atoms with Crippen LogP contribution in [-0.2, 0) is 7.05 Å². The summed E-state index contributed by atoms with van der Waals surface area (Å²) in [5, 5.41) is 7.72. The molecule has 2 amide bonds. The number of anilines is 2. The van der Waals surface area contributed by atoms with Gasteiger partial charge in [0.25, 0.3) is 0 Å². The van der Waals surface area contributed by atoms with Crippen molar-refractivity contribution in [1.82, 2.24) is 30.0 Å². The molecule has 2 aromatic rings. The number of hydrogen-bond acceptors (Lipinski definition) is 6. The van der Waals surface area contributed by atoms with Gasteiger partial charge in [0.2, 0.25) is 5.95 Å². The molecule has 1 aliphatic heterocycles. The summed E-state index contributed by atoms with van der Waals surface area (Å²) in [4.78, 5) is 24.6. The average molecular weight is 304 g/mol. The van der Waals surface area contributed by atoms with Crippen molar-refractivity contribution in [2.75, 3.05) is 43.4 Å². The van der Waals surface area contributed by atoms with Crippen molar-refractivity contribution in [3.63, 3.8) is 0 Å². The van der Waals surface area contributed by atoms with Crippen molar-refractivity contribution >= 4 is 28.8 Å². The standard InChI is InChI=1S/C13H20N8O/c1-3-15-13(22)21-6-4-20(5-7-21)12-17-10(14)9-8-16-19(2)11(9)18-12/h8H,3-7H2,1-2H3,(H,15,22)(H2,14,17,18). The largest absolute Gasteiger partial charge is 0.383 e. The fraction of sp³-hybridized carbons (Fsp3) is 0.538. The zero-order valence-corrected chi connectivity index (χ0v) is 12.8. The number of aryl methyl sites for hydroxylation is 1. The Bertz CT molecular complexity index is 689. The zero-order valence-electron chi connectivity index (χ0n) is 12.8. The number of nitrogen functional groups attached to an aromatic ring is 1. The van der Waals surface area contributed by atoms with Gasteiger partial charge in [-0.1, -0.05) is 0 Å². The van der Waals surface area contributed by atoms with Crippen molar-refractivity contribution in [2.24, 2.45) is 7.05 Å². The molecule has 1 fully saturated rings. The highest BCUT2D eigenvalue weighted by molar-refractivity contribution is 5.86. The van der Waals surface area contributed by atoms with Gasteiger partial charge in [-0.15, -0.1) is 0 Å². The number of carbonyl (C=O) groups excluding carboxylic acids is 1. The predicted octanol–water partition coefficient (Wildman–Crippen LogP) is -0.203. The van der Waals surface area contributed by atoms with E-state index < -0.39 is 0 Å². The zero-order chi connectivity index (χ0) is 15.7. The van der Waals surface area contributed by atoms with E-state index in [1.54, 1.807) is 15.8 Å². The average Bonchev–Trinajstić information content (AvgIpc) is 2.90. The van der Waals surface area contributed by atoms with Crippen molar-refractivity contribution in [1.29, 1.82) is 0 Å². The van der Waals surface area contributed by atoms with E-state index in [2.05, 4.69) is 20.4 Å². The molecule has 1 saturated heterocycles. The Labute approximate surface area is 128 Å². The number of rotatable bonds is 2. The minimum absolute atomic E-state index is 0.0235. The van der Waals surface area contributed by atoms with E-state index >= 15 is 0 Å². The minimum Gasteiger partial charge on any atom is -0.383 e. The monoisotopic (exact) mass is 304 g/mol. The first-order valence-corrected chi connectivity index (χ1v) is 7.33. The first-order valence-electron chi connectivity index (χ1n) is 7.33. The normalized spacial score (nSPS) is 15.4. The van der Waals surface area contributed by atoms with Gasteiger partial charge < -0.3 is 20.9 Å². The van der Waals surface area contributed by atoms with Gasteiger partial charge >= 0.3 is 6.03 Å². The fourth-order valence-electron chi connectivity index (χ4n) is 2.55. The molecule has 0 radical (unpaired) electrons. The molecular formula is C13H20N8O. The lowest BCUT2D eigenvalue weighted by atomic mass is 10.3. The SMILES string of the molecule is CCNC(=O)N1CCN(c2nc(N)c3cnn(C)c3n2)CC1. The van der Waals surface area contributed by atoms with E-state index in [1.165, 1.54) is 0 Å². The van der Waals surface area contributed by atoms with E-state index in [0.29, 0.717) is 50.1 Å². The number of nitrogens with zero attached hydrogens (tertiary/aromatic N) is 6. The van der Waals surface area contributed by atoms with Crippen LogP contribution in [0.25, 0.3) is 11.0 Å². The molecule has 3 heterocycles. The predicted molar refractivity (Wildman–Crippen MR) is 83.6 cm³/mol. The van der Waals surface area contributed by atoms with Crippen LogP contribution in [-0.4, -0.2) is 63.4 Å². The smallest absolute Gasteiger partial charge is 0.317 e. The molecule has 0 spiro atoms. The third-order valence-corrected chi connectivity index (χ3v) is 3.79. The van der Waals surface area contributed by atoms with Gasteiger partial charge in [0.15, 0.2) is 5.65 Å². The Morgan fingerprint density at radius 2 is 2.05 bits per heavy atom. The van der Waals surface area contributed by atoms with E-state index in [1.807, 2.05) is 18.9 Å². The third-order valence-electron chi connectivity index (χ3n) is 3.79. The summed E-state index contributed by atoms with van der Waals surface area (Å²) in [6, 6.07) is -0.0235. The molecular weight excluding hydrogens is 284 g/mol. The lowest BCUT2D eigenvalue weighted by Crippen LogP contribution is -2.52. The van der Waals surface area contributed by atoms with Crippen molar-refractivity contribution in [2.45, 2.75) is 6.92 Å². The molecule has 2 aromatic heterocycles. The van der Waals surface area contributed by atoms with Crippen LogP contribution in [0.1, 0.15) is 6.92 Å². The molecule has 118 valence electrons. The molecule has 0 aliphatic carbocycles. The number of fused-ring (bicyclic) bond motifs is 1. The van der Waals surface area contributed by atoms with Gasteiger partial charge in [-0.3, -0.25) is 4.68 Å². The molecule has 0 saturated carbocycles. The topological polar surface area (TPSA) is 105 Å². The van der Waals surface area contributed by atoms with Crippen LogP contribution >= 0.6 is 0 Å². The lowest BCUT2D eigenvalue weighted by molar-refractivity contribution is 0.194. The van der Waals surface area contributed by atoms with Crippen molar-refractivity contribution < 1.29 is 4.79 Å². The Balaban J connectivity index is 1.76. The Kier molecular flexibility index (Phi) is 3.70. The minimum atomic E-state index is -0.0235. The van der Waals surface area contributed by atoms with Crippen LogP contribution < -0.4 is 16.0 Å². The van der Waals surface area contributed by atoms with Crippen molar-refractivity contribution in [3.8, 4) is 0 Å². The van der Waals surface area contributed by atoms with Gasteiger partial charge in [-0.2, -0.15) is 15.1 Å². The fourth-order valence-corrected chi connectivity index (χ4v) is 2.55. The van der Waals surface area contributed by atoms with Gasteiger partial charge in [0.1, 0.15) is 5.82 Å². The summed E-state index contributed by atoms with van der Waals surface area (Å²) >= 11 is 0. The van der Waals surface area contributed by atoms with Gasteiger partial charge in [-0.25, -0.2) is 4.79 Å². The number of hydrogen-bond donors (Lipinski definition) is 2. The number of amides is 2. The number of aromatic nitrogens is 4. The first kappa shape index (κ1) is 14.4. The van der Waals surface area contributed by atoms with Gasteiger partial charge in [-0.05, 0) is 6.92 Å². The number of piperazine rings is 1. The van der Waals surface area contributed by atoms with E-state index in [0.717, 1.165) is 5.39 Å². The molecule has 0 aromatic carbocycles. The molecule has 0 bridgehead atoms. The molecule has 0 unspecified atom stereocenters. The number of nitrogens with two attached hydrogens (primary N) is 1. The maximum atomic E-state index is 11.8. The lowest BCUT2D eigenvalue weighted by Gasteiger charge is -2.34. The Morgan fingerprint density at radius 3 is 2.73 bits per heavy atom. The molecule has 3 N–H and O–H groups in total. The highest BCUT2D eigenvalue weighted by atomic mass is 16.2. The Hall–Kier alpha value is -2.58. The van der Waals surface area contributed by atoms with Crippen LogP contribution in [0.4, 0.5) is 16.6 Å². The maximum Gasteiger partial charge on any atom is 0.317 e. The molecule has 9 heteroatoms. The summed E-state index contributed by atoms with van der Waals surface area (Å²) in [5.41, 5.74) is 6.70. The summed E-state index contributed by atoms with van der Waals surface area (Å²) in [6.07, 6.45) is 1.67. The van der Waals surface area contributed by atoms with Crippen LogP contribution in [0.15, 0.2) is 6.20 Å². The molecule has 3 rings (SSSR count). The van der Waals surface area contributed by atoms with E-state index in [4.69, 9.17) is 5.73 Å². The number of nitrogens with one attached hydrogen (secondary N) is 1. The highest BCUT2D eigenvalue weighted by Crippen LogP contribution is 2.21. The summed E-state index contributed by atoms with van der Waals surface area (Å²) in [7, 11) is 1.82. The van der Waals surface area contributed by atoms with Crippen molar-refractivity contribution in [3.05, 3.63) is 6.20 Å². The van der Waals surface area contributed by atoms with Gasteiger partial charge in [0, 0.05) is 39.8 Å². The van der Waals surface area contributed by atoms with E-state index in [9.17, 15) is 4.79 Å². The van der Waals surface area contributed by atoms with Crippen LogP contribution in [0.3, 0.4) is 0 Å². The second-order valence-electron chi connectivity index (χ2n) is 5.22. The molecule has 9 nitrogen and oxygen atoms in total.